The third-order valence-corrected chi connectivity index (χ3v) is 7.72. The number of esters is 1. The Morgan fingerprint density at radius 2 is 1.45 bits per heavy atom. The number of benzene rings is 2. The number of nitriles is 1. The van der Waals surface area contributed by atoms with Crippen LogP contribution >= 0.6 is 0 Å². The number of nitrogens with zero attached hydrogens (tertiary/aromatic N) is 1. The summed E-state index contributed by atoms with van der Waals surface area (Å²) in [7, 11) is 0. The van der Waals surface area contributed by atoms with Crippen LogP contribution in [-0.4, -0.2) is 5.97 Å². The molecular formula is C28H33NO2. The molecule has 0 heterocycles. The van der Waals surface area contributed by atoms with E-state index in [2.05, 4.69) is 25.1 Å². The van der Waals surface area contributed by atoms with Crippen molar-refractivity contribution in [2.45, 2.75) is 70.6 Å². The zero-order valence-electron chi connectivity index (χ0n) is 18.6. The van der Waals surface area contributed by atoms with Crippen LogP contribution in [0.1, 0.15) is 92.1 Å². The van der Waals surface area contributed by atoms with Crippen LogP contribution < -0.4 is 4.74 Å². The molecule has 3 nitrogen and oxygen atoms in total. The van der Waals surface area contributed by atoms with E-state index in [0.29, 0.717) is 22.8 Å². The molecule has 2 aliphatic rings. The summed E-state index contributed by atoms with van der Waals surface area (Å²) in [6.07, 6.45) is 12.4. The molecule has 0 aromatic heterocycles. The van der Waals surface area contributed by atoms with E-state index in [0.717, 1.165) is 17.8 Å². The summed E-state index contributed by atoms with van der Waals surface area (Å²) in [5.41, 5.74) is 2.46. The summed E-state index contributed by atoms with van der Waals surface area (Å²) in [5, 5.41) is 8.86. The van der Waals surface area contributed by atoms with E-state index in [1.807, 2.05) is 12.1 Å². The second-order valence-electron chi connectivity index (χ2n) is 9.45. The first-order valence-corrected chi connectivity index (χ1v) is 12.0. The Balaban J connectivity index is 1.28. The van der Waals surface area contributed by atoms with Crippen LogP contribution in [0.2, 0.25) is 0 Å². The van der Waals surface area contributed by atoms with Crippen molar-refractivity contribution in [3.8, 4) is 11.8 Å². The van der Waals surface area contributed by atoms with Gasteiger partial charge in [0, 0.05) is 0 Å². The van der Waals surface area contributed by atoms with Crippen molar-refractivity contribution in [3.63, 3.8) is 0 Å². The average Bonchev–Trinajstić information content (AvgIpc) is 2.85. The predicted molar refractivity (Wildman–Crippen MR) is 123 cm³/mol. The molecule has 0 aliphatic heterocycles. The average molecular weight is 416 g/mol. The summed E-state index contributed by atoms with van der Waals surface area (Å²) < 4.78 is 5.43. The Hall–Kier alpha value is -2.60. The summed E-state index contributed by atoms with van der Waals surface area (Å²) in [5.74, 6) is 3.59. The number of hydrogen-bond acceptors (Lipinski definition) is 3. The molecule has 2 aliphatic carbocycles. The van der Waals surface area contributed by atoms with E-state index in [9.17, 15) is 4.79 Å². The molecule has 2 fully saturated rings. The van der Waals surface area contributed by atoms with Gasteiger partial charge in [0.15, 0.2) is 0 Å². The first-order chi connectivity index (χ1) is 15.2. The second kappa shape index (κ2) is 10.1. The molecule has 0 N–H and O–H groups in total. The second-order valence-corrected chi connectivity index (χ2v) is 9.45. The highest BCUT2D eigenvalue weighted by atomic mass is 16.5. The summed E-state index contributed by atoms with van der Waals surface area (Å²) in [6.45, 7) is 2.34. The SMILES string of the molecule is CCC1CCC(C2CCC(c3ccc(C(=O)Oc4ccc(C#N)cc4)cc3)CC2)CC1. The zero-order valence-corrected chi connectivity index (χ0v) is 18.6. The highest BCUT2D eigenvalue weighted by molar-refractivity contribution is 5.91. The smallest absolute Gasteiger partial charge is 0.343 e. The standard InChI is InChI=1S/C28H33NO2/c1-2-20-3-7-22(8-4-20)23-9-11-24(12-10-23)25-13-15-26(16-14-25)28(30)31-27-17-5-21(19-29)6-18-27/h5-6,13-18,20,22-24H,2-4,7-12H2,1H3. The molecule has 0 radical (unpaired) electrons. The Labute approximate surface area is 186 Å². The van der Waals surface area contributed by atoms with Crippen LogP contribution in [-0.2, 0) is 0 Å². The van der Waals surface area contributed by atoms with E-state index in [-0.39, 0.29) is 5.97 Å². The molecule has 0 bridgehead atoms. The first-order valence-electron chi connectivity index (χ1n) is 12.0. The van der Waals surface area contributed by atoms with Gasteiger partial charge in [-0.25, -0.2) is 4.79 Å². The van der Waals surface area contributed by atoms with Gasteiger partial charge in [0.05, 0.1) is 17.2 Å². The van der Waals surface area contributed by atoms with Crippen LogP contribution in [0.25, 0.3) is 0 Å². The largest absolute Gasteiger partial charge is 0.423 e. The Morgan fingerprint density at radius 1 is 0.871 bits per heavy atom. The van der Waals surface area contributed by atoms with Crippen LogP contribution in [0.15, 0.2) is 48.5 Å². The topological polar surface area (TPSA) is 50.1 Å². The highest BCUT2D eigenvalue weighted by Crippen LogP contribution is 2.44. The molecule has 31 heavy (non-hydrogen) atoms. The Morgan fingerprint density at radius 3 is 2.00 bits per heavy atom. The third kappa shape index (κ3) is 5.37. The molecular weight excluding hydrogens is 382 g/mol. The lowest BCUT2D eigenvalue weighted by Gasteiger charge is -2.38. The lowest BCUT2D eigenvalue weighted by Crippen LogP contribution is -2.25. The minimum atomic E-state index is -0.359. The van der Waals surface area contributed by atoms with Crippen LogP contribution in [0.5, 0.6) is 5.75 Å². The molecule has 4 rings (SSSR count). The first kappa shape index (κ1) is 21.6. The quantitative estimate of drug-likeness (QED) is 0.381. The minimum Gasteiger partial charge on any atom is -0.423 e. The maximum Gasteiger partial charge on any atom is 0.343 e. The molecule has 3 heteroatoms. The molecule has 0 unspecified atom stereocenters. The van der Waals surface area contributed by atoms with Gasteiger partial charge in [0.2, 0.25) is 0 Å². The molecule has 0 saturated heterocycles. The molecule has 2 aromatic carbocycles. The Bertz CT molecular complexity index is 894. The van der Waals surface area contributed by atoms with Crippen molar-refractivity contribution >= 4 is 5.97 Å². The summed E-state index contributed by atoms with van der Waals surface area (Å²) in [6, 6.07) is 16.6. The summed E-state index contributed by atoms with van der Waals surface area (Å²) in [4.78, 5) is 12.4. The maximum atomic E-state index is 12.4. The fourth-order valence-electron chi connectivity index (χ4n) is 5.65. The van der Waals surface area contributed by atoms with Gasteiger partial charge in [-0.1, -0.05) is 38.3 Å². The normalized spacial score (nSPS) is 26.1. The van der Waals surface area contributed by atoms with Crippen LogP contribution in [0, 0.1) is 29.1 Å². The van der Waals surface area contributed by atoms with Crippen molar-refractivity contribution in [1.82, 2.24) is 0 Å². The molecule has 0 spiro atoms. The monoisotopic (exact) mass is 415 g/mol. The molecule has 2 aromatic rings. The van der Waals surface area contributed by atoms with Gasteiger partial charge in [-0.15, -0.1) is 0 Å². The van der Waals surface area contributed by atoms with E-state index < -0.39 is 0 Å². The van der Waals surface area contributed by atoms with Gasteiger partial charge in [-0.2, -0.15) is 5.26 Å². The Kier molecular flexibility index (Phi) is 7.07. The summed E-state index contributed by atoms with van der Waals surface area (Å²) >= 11 is 0. The van der Waals surface area contributed by atoms with Crippen molar-refractivity contribution in [2.75, 3.05) is 0 Å². The van der Waals surface area contributed by atoms with E-state index in [4.69, 9.17) is 10.00 Å². The van der Waals surface area contributed by atoms with Gasteiger partial charge in [-0.3, -0.25) is 0 Å². The number of hydrogen-bond donors (Lipinski definition) is 0. The van der Waals surface area contributed by atoms with Crippen molar-refractivity contribution in [2.24, 2.45) is 17.8 Å². The number of carbonyl (C=O) groups is 1. The maximum absolute atomic E-state index is 12.4. The predicted octanol–water partition coefficient (Wildman–Crippen LogP) is 7.27. The van der Waals surface area contributed by atoms with E-state index >= 15 is 0 Å². The van der Waals surface area contributed by atoms with Crippen molar-refractivity contribution in [3.05, 3.63) is 65.2 Å². The lowest BCUT2D eigenvalue weighted by atomic mass is 9.68. The third-order valence-electron chi connectivity index (χ3n) is 7.72. The van der Waals surface area contributed by atoms with Gasteiger partial charge in [-0.05, 0) is 104 Å². The number of ether oxygens (including phenoxy) is 1. The molecule has 0 atom stereocenters. The molecule has 162 valence electrons. The fraction of sp³-hybridized carbons (Fsp3) is 0.500. The van der Waals surface area contributed by atoms with Crippen LogP contribution in [0.4, 0.5) is 0 Å². The van der Waals surface area contributed by atoms with Gasteiger partial charge >= 0.3 is 5.97 Å². The van der Waals surface area contributed by atoms with E-state index in [1.165, 1.54) is 63.4 Å². The van der Waals surface area contributed by atoms with Gasteiger partial charge in [0.1, 0.15) is 5.75 Å². The lowest BCUT2D eigenvalue weighted by molar-refractivity contribution is 0.0734. The van der Waals surface area contributed by atoms with Gasteiger partial charge in [0.25, 0.3) is 0 Å². The minimum absolute atomic E-state index is 0.359. The fourth-order valence-corrected chi connectivity index (χ4v) is 5.65. The molecule has 2 saturated carbocycles. The number of rotatable bonds is 5. The number of carbonyl (C=O) groups excluding carboxylic acids is 1. The van der Waals surface area contributed by atoms with Crippen molar-refractivity contribution in [1.29, 1.82) is 5.26 Å². The van der Waals surface area contributed by atoms with E-state index in [1.54, 1.807) is 24.3 Å². The van der Waals surface area contributed by atoms with Crippen molar-refractivity contribution < 1.29 is 9.53 Å². The van der Waals surface area contributed by atoms with Crippen LogP contribution in [0.3, 0.4) is 0 Å². The molecule has 0 amide bonds. The highest BCUT2D eigenvalue weighted by Gasteiger charge is 2.30. The zero-order chi connectivity index (χ0) is 21.6. The van der Waals surface area contributed by atoms with Gasteiger partial charge < -0.3 is 4.74 Å².